The predicted molar refractivity (Wildman–Crippen MR) is 126 cm³/mol. The summed E-state index contributed by atoms with van der Waals surface area (Å²) >= 11 is 6.69. The van der Waals surface area contributed by atoms with E-state index < -0.39 is 26.4 Å². The summed E-state index contributed by atoms with van der Waals surface area (Å²) in [7, 11) is 1.66. The zero-order chi connectivity index (χ0) is 23.1. The number of amides is 1. The van der Waals surface area contributed by atoms with Crippen LogP contribution in [0.3, 0.4) is 0 Å². The summed E-state index contributed by atoms with van der Waals surface area (Å²) in [4.78, 5) is 29.0. The second-order valence-electron chi connectivity index (χ2n) is 7.11. The average Bonchev–Trinajstić information content (AvgIpc) is 2.65. The van der Waals surface area contributed by atoms with E-state index in [1.54, 1.807) is 11.9 Å². The van der Waals surface area contributed by atoms with Gasteiger partial charge in [0.15, 0.2) is 9.84 Å². The van der Waals surface area contributed by atoms with Gasteiger partial charge in [-0.15, -0.1) is 0 Å². The van der Waals surface area contributed by atoms with Crippen molar-refractivity contribution in [3.8, 4) is 0 Å². The molecule has 12 heteroatoms. The molecule has 9 nitrogen and oxygen atoms in total. The number of hydrogen-bond acceptors (Lipinski definition) is 7. The van der Waals surface area contributed by atoms with E-state index >= 15 is 0 Å². The minimum Gasteiger partial charge on any atom is -0.369 e. The summed E-state index contributed by atoms with van der Waals surface area (Å²) in [6, 6.07) is 2.34. The predicted octanol–water partition coefficient (Wildman–Crippen LogP) is 2.62. The molecule has 0 aliphatic rings. The minimum atomic E-state index is -3.76. The Morgan fingerprint density at radius 2 is 1.63 bits per heavy atom. The third kappa shape index (κ3) is 7.47. The van der Waals surface area contributed by atoms with Gasteiger partial charge in [0.25, 0.3) is 11.6 Å². The lowest BCUT2D eigenvalue weighted by molar-refractivity contribution is -0.385. The minimum absolute atomic E-state index is 0.121. The number of nitro groups is 1. The number of benzene rings is 1. The highest BCUT2D eigenvalue weighted by Gasteiger charge is 2.30. The molecule has 170 valence electrons. The van der Waals surface area contributed by atoms with Gasteiger partial charge in [-0.05, 0) is 33.1 Å². The zero-order valence-corrected chi connectivity index (χ0v) is 21.6. The molecule has 0 aromatic heterocycles. The van der Waals surface area contributed by atoms with E-state index in [9.17, 15) is 23.3 Å². The molecular formula is C18H28Br2N4O5S. The van der Waals surface area contributed by atoms with Crippen LogP contribution in [0.4, 0.5) is 11.4 Å². The fourth-order valence-corrected chi connectivity index (χ4v) is 4.66. The van der Waals surface area contributed by atoms with E-state index in [-0.39, 0.29) is 16.1 Å². The third-order valence-corrected chi connectivity index (χ3v) is 6.23. The lowest BCUT2D eigenvalue weighted by Crippen LogP contribution is -2.32. The van der Waals surface area contributed by atoms with E-state index in [4.69, 9.17) is 0 Å². The van der Waals surface area contributed by atoms with Gasteiger partial charge >= 0.3 is 0 Å². The molecule has 0 atom stereocenters. The second-order valence-corrected chi connectivity index (χ2v) is 10.7. The molecule has 0 bridgehead atoms. The van der Waals surface area contributed by atoms with Crippen LogP contribution in [0.15, 0.2) is 17.0 Å². The molecule has 0 aliphatic heterocycles. The Labute approximate surface area is 194 Å². The van der Waals surface area contributed by atoms with Crippen LogP contribution in [0.5, 0.6) is 0 Å². The number of nitrogens with zero attached hydrogens (tertiary/aromatic N) is 4. The zero-order valence-electron chi connectivity index (χ0n) is 17.6. The van der Waals surface area contributed by atoms with E-state index in [1.807, 2.05) is 19.0 Å². The number of sulfone groups is 1. The van der Waals surface area contributed by atoms with Crippen molar-refractivity contribution in [2.45, 2.75) is 11.3 Å². The van der Waals surface area contributed by atoms with Crippen molar-refractivity contribution in [1.82, 2.24) is 9.80 Å². The van der Waals surface area contributed by atoms with Crippen LogP contribution in [-0.2, 0) is 9.84 Å². The third-order valence-electron chi connectivity index (χ3n) is 4.40. The molecule has 0 heterocycles. The van der Waals surface area contributed by atoms with Crippen molar-refractivity contribution >= 4 is 59.0 Å². The lowest BCUT2D eigenvalue weighted by Gasteiger charge is -2.26. The molecule has 0 radical (unpaired) electrons. The van der Waals surface area contributed by atoms with Crippen molar-refractivity contribution in [3.63, 3.8) is 0 Å². The van der Waals surface area contributed by atoms with E-state index in [1.165, 1.54) is 11.0 Å². The Kier molecular flexibility index (Phi) is 10.7. The highest BCUT2D eigenvalue weighted by Crippen LogP contribution is 2.34. The first-order valence-corrected chi connectivity index (χ1v) is 13.4. The van der Waals surface area contributed by atoms with Crippen molar-refractivity contribution in [1.29, 1.82) is 0 Å². The molecule has 1 aromatic carbocycles. The number of anilines is 1. The summed E-state index contributed by atoms with van der Waals surface area (Å²) in [5.74, 6) is -0.514. The SMILES string of the molecule is CN(C)CCCN(C)C(=O)c1cc(N(CCBr)CCBr)c(S(C)(=O)=O)cc1[N+](=O)[O-]. The highest BCUT2D eigenvalue weighted by atomic mass is 79.9. The van der Waals surface area contributed by atoms with Crippen LogP contribution in [0.2, 0.25) is 0 Å². The normalized spacial score (nSPS) is 11.6. The smallest absolute Gasteiger partial charge is 0.283 e. The van der Waals surface area contributed by atoms with Gasteiger partial charge in [-0.25, -0.2) is 8.42 Å². The largest absolute Gasteiger partial charge is 0.369 e. The van der Waals surface area contributed by atoms with Gasteiger partial charge in [0.05, 0.1) is 15.5 Å². The van der Waals surface area contributed by atoms with E-state index in [2.05, 4.69) is 31.9 Å². The molecular weight excluding hydrogens is 544 g/mol. The van der Waals surface area contributed by atoms with Crippen LogP contribution < -0.4 is 4.90 Å². The van der Waals surface area contributed by atoms with Gasteiger partial charge in [0.2, 0.25) is 0 Å². The summed E-state index contributed by atoms with van der Waals surface area (Å²) < 4.78 is 24.8. The quantitative estimate of drug-likeness (QED) is 0.216. The molecule has 0 aliphatic carbocycles. The van der Waals surface area contributed by atoms with Crippen molar-refractivity contribution in [3.05, 3.63) is 27.8 Å². The Balaban J connectivity index is 3.55. The van der Waals surface area contributed by atoms with Crippen LogP contribution in [0, 0.1) is 10.1 Å². The molecule has 1 amide bonds. The molecule has 1 rings (SSSR count). The maximum absolute atomic E-state index is 13.0. The number of halogens is 2. The van der Waals surface area contributed by atoms with Crippen LogP contribution in [0.25, 0.3) is 0 Å². The number of nitro benzene ring substituents is 1. The van der Waals surface area contributed by atoms with Crippen molar-refractivity contribution in [2.24, 2.45) is 0 Å². The second kappa shape index (κ2) is 12.0. The summed E-state index contributed by atoms with van der Waals surface area (Å²) in [6.07, 6.45) is 1.71. The number of carbonyl (C=O) groups is 1. The topological polar surface area (TPSA) is 104 Å². The Hall–Kier alpha value is -1.24. The monoisotopic (exact) mass is 570 g/mol. The van der Waals surface area contributed by atoms with Gasteiger partial charge in [-0.2, -0.15) is 0 Å². The lowest BCUT2D eigenvalue weighted by atomic mass is 10.1. The van der Waals surface area contributed by atoms with Crippen LogP contribution >= 0.6 is 31.9 Å². The summed E-state index contributed by atoms with van der Waals surface area (Å²) in [6.45, 7) is 2.13. The van der Waals surface area contributed by atoms with Gasteiger partial charge in [-0.3, -0.25) is 14.9 Å². The fourth-order valence-electron chi connectivity index (χ4n) is 2.91. The van der Waals surface area contributed by atoms with Crippen LogP contribution in [0.1, 0.15) is 16.8 Å². The number of hydrogen-bond donors (Lipinski definition) is 0. The summed E-state index contributed by atoms with van der Waals surface area (Å²) in [5, 5.41) is 12.8. The maximum Gasteiger partial charge on any atom is 0.283 e. The number of alkyl halides is 2. The van der Waals surface area contributed by atoms with Gasteiger partial charge < -0.3 is 14.7 Å². The van der Waals surface area contributed by atoms with Crippen molar-refractivity contribution < 1.29 is 18.1 Å². The van der Waals surface area contributed by atoms with Gasteiger partial charge in [-0.1, -0.05) is 31.9 Å². The Morgan fingerprint density at radius 1 is 1.07 bits per heavy atom. The van der Waals surface area contributed by atoms with Gasteiger partial charge in [0, 0.05) is 49.7 Å². The first-order valence-electron chi connectivity index (χ1n) is 9.23. The number of carbonyl (C=O) groups excluding carboxylic acids is 1. The van der Waals surface area contributed by atoms with E-state index in [0.717, 1.165) is 18.9 Å². The number of rotatable bonds is 12. The average molecular weight is 572 g/mol. The molecule has 0 N–H and O–H groups in total. The Bertz CT molecular complexity index is 858. The summed E-state index contributed by atoms with van der Waals surface area (Å²) in [5.41, 5.74) is -0.350. The molecule has 30 heavy (non-hydrogen) atoms. The van der Waals surface area contributed by atoms with Crippen molar-refractivity contribution in [2.75, 3.05) is 69.1 Å². The molecule has 1 aromatic rings. The maximum atomic E-state index is 13.0. The molecule has 0 spiro atoms. The molecule has 0 unspecified atom stereocenters. The molecule has 0 fully saturated rings. The first-order chi connectivity index (χ1) is 13.9. The van der Waals surface area contributed by atoms with E-state index in [0.29, 0.717) is 36.7 Å². The molecule has 0 saturated carbocycles. The standard InChI is InChI=1S/C18H28Br2N4O5S/c1-21(2)8-5-9-22(3)18(25)14-12-16(23(10-6-19)11-7-20)17(30(4,28)29)13-15(14)24(26)27/h12-13H,5-11H2,1-4H3. The first kappa shape index (κ1) is 26.8. The Morgan fingerprint density at radius 3 is 2.07 bits per heavy atom. The molecule has 0 saturated heterocycles. The fraction of sp³-hybridized carbons (Fsp3) is 0.611. The van der Waals surface area contributed by atoms with Crippen LogP contribution in [-0.4, -0.2) is 93.3 Å². The highest BCUT2D eigenvalue weighted by molar-refractivity contribution is 9.09. The van der Waals surface area contributed by atoms with Gasteiger partial charge in [0.1, 0.15) is 5.56 Å².